The highest BCUT2D eigenvalue weighted by molar-refractivity contribution is 7.89. The summed E-state index contributed by atoms with van der Waals surface area (Å²) in [4.78, 5) is 12.1. The van der Waals surface area contributed by atoms with Gasteiger partial charge >= 0.3 is 5.97 Å². The molecule has 0 saturated heterocycles. The molecule has 2 rings (SSSR count). The Morgan fingerprint density at radius 2 is 1.70 bits per heavy atom. The first kappa shape index (κ1) is 17.2. The summed E-state index contributed by atoms with van der Waals surface area (Å²) in [5.74, 6) is -0.620. The Labute approximate surface area is 136 Å². The minimum absolute atomic E-state index is 0.109. The third kappa shape index (κ3) is 4.64. The highest BCUT2D eigenvalue weighted by Crippen LogP contribution is 2.12. The van der Waals surface area contributed by atoms with E-state index in [-0.39, 0.29) is 11.3 Å². The minimum atomic E-state index is -3.79. The molecule has 0 radical (unpaired) electrons. The van der Waals surface area contributed by atoms with Crippen molar-refractivity contribution in [2.75, 3.05) is 7.11 Å². The van der Waals surface area contributed by atoms with Crippen LogP contribution >= 0.6 is 0 Å². The first-order valence-electron chi connectivity index (χ1n) is 7.13. The van der Waals surface area contributed by atoms with Crippen molar-refractivity contribution in [1.82, 2.24) is 4.72 Å². The fraction of sp³-hybridized carbons (Fsp3) is 0.235. The van der Waals surface area contributed by atoms with E-state index in [4.69, 9.17) is 4.74 Å². The Hall–Kier alpha value is -2.18. The molecule has 0 aromatic heterocycles. The number of sulfonamides is 1. The highest BCUT2D eigenvalue weighted by atomic mass is 32.2. The first-order valence-corrected chi connectivity index (χ1v) is 8.61. The fourth-order valence-electron chi connectivity index (χ4n) is 2.13. The van der Waals surface area contributed by atoms with E-state index < -0.39 is 22.0 Å². The maximum absolute atomic E-state index is 12.4. The predicted molar refractivity (Wildman–Crippen MR) is 87.5 cm³/mol. The van der Waals surface area contributed by atoms with Crippen LogP contribution in [0.25, 0.3) is 0 Å². The van der Waals surface area contributed by atoms with Crippen molar-refractivity contribution in [1.29, 1.82) is 0 Å². The standard InChI is InChI=1S/C17H19NO4S/c1-13-8-10-14(11-9-13)12-16(17(19)22-2)18-23(20,21)15-6-4-3-5-7-15/h3-11,16,18H,12H2,1-2H3/t16-/m0/s1. The van der Waals surface area contributed by atoms with Gasteiger partial charge in [0.15, 0.2) is 0 Å². The molecule has 6 heteroatoms. The summed E-state index contributed by atoms with van der Waals surface area (Å²) in [7, 11) is -2.56. The molecule has 2 aromatic carbocycles. The Morgan fingerprint density at radius 3 is 2.26 bits per heavy atom. The quantitative estimate of drug-likeness (QED) is 0.821. The lowest BCUT2D eigenvalue weighted by molar-refractivity contribution is -0.142. The summed E-state index contributed by atoms with van der Waals surface area (Å²) in [6.45, 7) is 1.96. The molecule has 1 N–H and O–H groups in total. The molecule has 0 fully saturated rings. The number of carbonyl (C=O) groups is 1. The van der Waals surface area contributed by atoms with Gasteiger partial charge in [0.25, 0.3) is 0 Å². The van der Waals surface area contributed by atoms with Crippen LogP contribution in [0.1, 0.15) is 11.1 Å². The molecule has 0 unspecified atom stereocenters. The van der Waals surface area contributed by atoms with E-state index in [2.05, 4.69) is 4.72 Å². The van der Waals surface area contributed by atoms with E-state index in [9.17, 15) is 13.2 Å². The van der Waals surface area contributed by atoms with Crippen LogP contribution in [0.3, 0.4) is 0 Å². The third-order valence-electron chi connectivity index (χ3n) is 3.40. The average molecular weight is 333 g/mol. The van der Waals surface area contributed by atoms with Crippen molar-refractivity contribution in [3.8, 4) is 0 Å². The summed E-state index contributed by atoms with van der Waals surface area (Å²) in [6, 6.07) is 14.5. The van der Waals surface area contributed by atoms with Crippen LogP contribution in [0.4, 0.5) is 0 Å². The predicted octanol–water partition coefficient (Wildman–Crippen LogP) is 2.06. The molecule has 0 amide bonds. The summed E-state index contributed by atoms with van der Waals surface area (Å²) in [5.41, 5.74) is 1.94. The molecule has 0 aliphatic carbocycles. The second-order valence-corrected chi connectivity index (χ2v) is 6.91. The summed E-state index contributed by atoms with van der Waals surface area (Å²) in [5, 5.41) is 0. The van der Waals surface area contributed by atoms with Crippen molar-refractivity contribution in [3.63, 3.8) is 0 Å². The van der Waals surface area contributed by atoms with Crippen LogP contribution in [-0.2, 0) is 26.0 Å². The number of carbonyl (C=O) groups excluding carboxylic acids is 1. The van der Waals surface area contributed by atoms with Crippen molar-refractivity contribution < 1.29 is 17.9 Å². The van der Waals surface area contributed by atoms with Gasteiger partial charge in [0, 0.05) is 0 Å². The van der Waals surface area contributed by atoms with Gasteiger partial charge in [0.2, 0.25) is 10.0 Å². The Morgan fingerprint density at radius 1 is 1.09 bits per heavy atom. The maximum atomic E-state index is 12.4. The van der Waals surface area contributed by atoms with E-state index in [0.717, 1.165) is 11.1 Å². The zero-order valence-corrected chi connectivity index (χ0v) is 13.8. The van der Waals surface area contributed by atoms with Crippen molar-refractivity contribution in [2.45, 2.75) is 24.3 Å². The van der Waals surface area contributed by atoms with Gasteiger partial charge in [-0.3, -0.25) is 4.79 Å². The zero-order chi connectivity index (χ0) is 16.9. The Balaban J connectivity index is 2.22. The molecule has 0 aliphatic rings. The molecule has 0 aliphatic heterocycles. The first-order chi connectivity index (χ1) is 10.9. The third-order valence-corrected chi connectivity index (χ3v) is 4.88. The SMILES string of the molecule is COC(=O)[C@H](Cc1ccc(C)cc1)NS(=O)(=O)c1ccccc1. The van der Waals surface area contributed by atoms with Gasteiger partial charge < -0.3 is 4.74 Å². The maximum Gasteiger partial charge on any atom is 0.324 e. The molecule has 2 aromatic rings. The van der Waals surface area contributed by atoms with Crippen LogP contribution in [0, 0.1) is 6.92 Å². The second kappa shape index (κ2) is 7.39. The van der Waals surface area contributed by atoms with E-state index in [1.165, 1.54) is 19.2 Å². The van der Waals surface area contributed by atoms with Gasteiger partial charge in [0.05, 0.1) is 12.0 Å². The number of nitrogens with one attached hydrogen (secondary N) is 1. The van der Waals surface area contributed by atoms with Gasteiger partial charge in [-0.05, 0) is 31.0 Å². The van der Waals surface area contributed by atoms with E-state index in [1.807, 2.05) is 31.2 Å². The van der Waals surface area contributed by atoms with Crippen molar-refractivity contribution >= 4 is 16.0 Å². The van der Waals surface area contributed by atoms with Gasteiger partial charge in [-0.1, -0.05) is 48.0 Å². The molecule has 0 spiro atoms. The molecule has 0 bridgehead atoms. The lowest BCUT2D eigenvalue weighted by Crippen LogP contribution is -2.42. The molecule has 122 valence electrons. The van der Waals surface area contributed by atoms with Gasteiger partial charge in [-0.25, -0.2) is 8.42 Å². The smallest absolute Gasteiger partial charge is 0.324 e. The van der Waals surface area contributed by atoms with Gasteiger partial charge in [0.1, 0.15) is 6.04 Å². The molecular weight excluding hydrogens is 314 g/mol. The van der Waals surface area contributed by atoms with Crippen LogP contribution in [0.2, 0.25) is 0 Å². The number of hydrogen-bond acceptors (Lipinski definition) is 4. The molecule has 5 nitrogen and oxygen atoms in total. The van der Waals surface area contributed by atoms with Crippen LogP contribution in [-0.4, -0.2) is 27.5 Å². The van der Waals surface area contributed by atoms with Crippen molar-refractivity contribution in [3.05, 3.63) is 65.7 Å². The lowest BCUT2D eigenvalue weighted by Gasteiger charge is -2.17. The largest absolute Gasteiger partial charge is 0.468 e. The Kier molecular flexibility index (Phi) is 5.52. The van der Waals surface area contributed by atoms with E-state index in [1.54, 1.807) is 18.2 Å². The minimum Gasteiger partial charge on any atom is -0.468 e. The average Bonchev–Trinajstić information content (AvgIpc) is 2.56. The van der Waals surface area contributed by atoms with Gasteiger partial charge in [-0.15, -0.1) is 0 Å². The zero-order valence-electron chi connectivity index (χ0n) is 13.0. The molecule has 1 atom stereocenters. The Bertz CT molecular complexity index is 755. The fourth-order valence-corrected chi connectivity index (χ4v) is 3.34. The summed E-state index contributed by atoms with van der Waals surface area (Å²) in [6.07, 6.45) is 0.221. The highest BCUT2D eigenvalue weighted by Gasteiger charge is 2.26. The summed E-state index contributed by atoms with van der Waals surface area (Å²) < 4.78 is 31.9. The van der Waals surface area contributed by atoms with E-state index in [0.29, 0.717) is 0 Å². The lowest BCUT2D eigenvalue weighted by atomic mass is 10.1. The van der Waals surface area contributed by atoms with Gasteiger partial charge in [-0.2, -0.15) is 4.72 Å². The molecule has 0 heterocycles. The van der Waals surface area contributed by atoms with Crippen LogP contribution in [0.15, 0.2) is 59.5 Å². The van der Waals surface area contributed by atoms with Crippen LogP contribution < -0.4 is 4.72 Å². The number of methoxy groups -OCH3 is 1. The number of rotatable bonds is 6. The topological polar surface area (TPSA) is 72.5 Å². The number of benzene rings is 2. The normalized spacial score (nSPS) is 12.6. The number of ether oxygens (including phenoxy) is 1. The number of esters is 1. The summed E-state index contributed by atoms with van der Waals surface area (Å²) >= 11 is 0. The van der Waals surface area contributed by atoms with Crippen molar-refractivity contribution in [2.24, 2.45) is 0 Å². The number of aryl methyl sites for hydroxylation is 1. The monoisotopic (exact) mass is 333 g/mol. The second-order valence-electron chi connectivity index (χ2n) is 5.20. The molecule has 23 heavy (non-hydrogen) atoms. The van der Waals surface area contributed by atoms with E-state index >= 15 is 0 Å². The number of hydrogen-bond donors (Lipinski definition) is 1. The molecule has 0 saturated carbocycles. The molecular formula is C17H19NO4S. The van der Waals surface area contributed by atoms with Crippen LogP contribution in [0.5, 0.6) is 0 Å².